The normalized spacial score (nSPS) is 24.5. The molecule has 1 aromatic heterocycles. The molecule has 7 nitrogen and oxygen atoms in total. The van der Waals surface area contributed by atoms with E-state index in [0.717, 1.165) is 57.7 Å². The first-order valence-electron chi connectivity index (χ1n) is 10.9. The summed E-state index contributed by atoms with van der Waals surface area (Å²) in [5.41, 5.74) is 7.31. The molecule has 1 unspecified atom stereocenters. The summed E-state index contributed by atoms with van der Waals surface area (Å²) in [7, 11) is 0. The van der Waals surface area contributed by atoms with Crippen molar-refractivity contribution in [2.45, 2.75) is 64.0 Å². The largest absolute Gasteiger partial charge is 0.381 e. The molecule has 1 aromatic rings. The average molecular weight is 421 g/mol. The maximum Gasteiger partial charge on any atom is 0.224 e. The van der Waals surface area contributed by atoms with Crippen molar-refractivity contribution in [1.29, 1.82) is 0 Å². The van der Waals surface area contributed by atoms with Crippen molar-refractivity contribution in [3.05, 3.63) is 15.6 Å². The van der Waals surface area contributed by atoms with E-state index in [4.69, 9.17) is 15.5 Å². The Hall–Kier alpha value is -1.51. The van der Waals surface area contributed by atoms with Crippen LogP contribution in [0.3, 0.4) is 0 Å². The summed E-state index contributed by atoms with van der Waals surface area (Å²) >= 11 is 1.82. The number of nitrogens with zero attached hydrogens (tertiary/aromatic N) is 3. The van der Waals surface area contributed by atoms with E-state index in [0.29, 0.717) is 31.3 Å². The molecular weight excluding hydrogens is 388 g/mol. The molecule has 2 fully saturated rings. The zero-order valence-electron chi connectivity index (χ0n) is 17.3. The van der Waals surface area contributed by atoms with Crippen LogP contribution in [0.15, 0.2) is 0 Å². The minimum Gasteiger partial charge on any atom is -0.381 e. The standard InChI is InChI=1S/C21H32N4O3S/c1-14-2-3-19(26)25(11-14)12-16(22)10-20(27)24-7-4-18-17(13-24)23-21(29-18)15-5-8-28-9-6-15/h14-16H,2-13,22H2,1H3/t14?,16-/m0/s1. The van der Waals surface area contributed by atoms with E-state index >= 15 is 0 Å². The van der Waals surface area contributed by atoms with E-state index in [9.17, 15) is 9.59 Å². The maximum absolute atomic E-state index is 12.8. The fourth-order valence-corrected chi connectivity index (χ4v) is 5.76. The van der Waals surface area contributed by atoms with Crippen molar-refractivity contribution in [2.75, 3.05) is 32.8 Å². The predicted octanol–water partition coefficient (Wildman–Crippen LogP) is 1.90. The molecule has 29 heavy (non-hydrogen) atoms. The third-order valence-corrected chi connectivity index (χ3v) is 7.61. The zero-order chi connectivity index (χ0) is 20.4. The van der Waals surface area contributed by atoms with Crippen LogP contribution in [0.5, 0.6) is 0 Å². The van der Waals surface area contributed by atoms with Gasteiger partial charge in [-0.15, -0.1) is 11.3 Å². The summed E-state index contributed by atoms with van der Waals surface area (Å²) in [6.07, 6.45) is 4.78. The molecule has 2 atom stereocenters. The number of nitrogens with two attached hydrogens (primary N) is 1. The molecule has 3 aliphatic rings. The number of hydrogen-bond donors (Lipinski definition) is 1. The van der Waals surface area contributed by atoms with Gasteiger partial charge in [0.15, 0.2) is 0 Å². The van der Waals surface area contributed by atoms with Gasteiger partial charge in [-0.2, -0.15) is 0 Å². The maximum atomic E-state index is 12.8. The number of fused-ring (bicyclic) bond motifs is 1. The average Bonchev–Trinajstić information content (AvgIpc) is 3.14. The van der Waals surface area contributed by atoms with E-state index in [1.165, 1.54) is 9.88 Å². The number of rotatable bonds is 5. The first-order valence-corrected chi connectivity index (χ1v) is 11.7. The summed E-state index contributed by atoms with van der Waals surface area (Å²) in [4.78, 5) is 34.8. The van der Waals surface area contributed by atoms with Crippen LogP contribution in [0.2, 0.25) is 0 Å². The van der Waals surface area contributed by atoms with Gasteiger partial charge in [-0.05, 0) is 25.2 Å². The molecule has 3 aliphatic heterocycles. The third-order valence-electron chi connectivity index (χ3n) is 6.29. The van der Waals surface area contributed by atoms with Crippen LogP contribution >= 0.6 is 11.3 Å². The summed E-state index contributed by atoms with van der Waals surface area (Å²) in [6, 6.07) is -0.314. The number of aromatic nitrogens is 1. The molecule has 2 N–H and O–H groups in total. The lowest BCUT2D eigenvalue weighted by atomic mass is 9.99. The minimum atomic E-state index is -0.314. The van der Waals surface area contributed by atoms with Gasteiger partial charge in [-0.25, -0.2) is 4.98 Å². The lowest BCUT2D eigenvalue weighted by Gasteiger charge is -2.33. The van der Waals surface area contributed by atoms with Crippen molar-refractivity contribution in [3.63, 3.8) is 0 Å². The number of thiazole rings is 1. The Morgan fingerprint density at radius 2 is 2.10 bits per heavy atom. The molecule has 4 rings (SSSR count). The van der Waals surface area contributed by atoms with Crippen molar-refractivity contribution >= 4 is 23.2 Å². The smallest absolute Gasteiger partial charge is 0.224 e. The van der Waals surface area contributed by atoms with E-state index in [-0.39, 0.29) is 24.3 Å². The zero-order valence-corrected chi connectivity index (χ0v) is 18.1. The second kappa shape index (κ2) is 9.10. The van der Waals surface area contributed by atoms with Crippen molar-refractivity contribution in [1.82, 2.24) is 14.8 Å². The molecular formula is C21H32N4O3S. The second-order valence-corrected chi connectivity index (χ2v) is 9.90. The predicted molar refractivity (Wildman–Crippen MR) is 112 cm³/mol. The highest BCUT2D eigenvalue weighted by atomic mass is 32.1. The number of hydrogen-bond acceptors (Lipinski definition) is 6. The topological polar surface area (TPSA) is 88.8 Å². The van der Waals surface area contributed by atoms with Crippen LogP contribution in [-0.2, 0) is 27.3 Å². The highest BCUT2D eigenvalue weighted by molar-refractivity contribution is 7.11. The molecule has 2 saturated heterocycles. The summed E-state index contributed by atoms with van der Waals surface area (Å²) in [5.74, 6) is 1.24. The molecule has 0 saturated carbocycles. The molecule has 4 heterocycles. The van der Waals surface area contributed by atoms with Gasteiger partial charge in [0.2, 0.25) is 11.8 Å². The third kappa shape index (κ3) is 4.98. The number of amides is 2. The van der Waals surface area contributed by atoms with Crippen molar-refractivity contribution < 1.29 is 14.3 Å². The SMILES string of the molecule is CC1CCC(=O)N(C[C@@H](N)CC(=O)N2CCc3sc(C4CCOCC4)nc3C2)C1. The van der Waals surface area contributed by atoms with Gasteiger partial charge in [0.05, 0.1) is 17.2 Å². The van der Waals surface area contributed by atoms with E-state index in [2.05, 4.69) is 6.92 Å². The van der Waals surface area contributed by atoms with Crippen LogP contribution in [0.25, 0.3) is 0 Å². The van der Waals surface area contributed by atoms with E-state index in [1.54, 1.807) is 0 Å². The first-order chi connectivity index (χ1) is 14.0. The van der Waals surface area contributed by atoms with Gasteiger partial charge < -0.3 is 20.3 Å². The van der Waals surface area contributed by atoms with Gasteiger partial charge in [0.1, 0.15) is 0 Å². The van der Waals surface area contributed by atoms with Gasteiger partial charge in [0.25, 0.3) is 0 Å². The van der Waals surface area contributed by atoms with Gasteiger partial charge in [-0.1, -0.05) is 6.92 Å². The fourth-order valence-electron chi connectivity index (χ4n) is 4.53. The fraction of sp³-hybridized carbons (Fsp3) is 0.762. The Morgan fingerprint density at radius 1 is 1.31 bits per heavy atom. The molecule has 0 radical (unpaired) electrons. The number of carbonyl (C=O) groups excluding carboxylic acids is 2. The Balaban J connectivity index is 1.31. The van der Waals surface area contributed by atoms with Gasteiger partial charge in [0, 0.05) is 68.9 Å². The van der Waals surface area contributed by atoms with Crippen LogP contribution < -0.4 is 5.73 Å². The van der Waals surface area contributed by atoms with E-state index < -0.39 is 0 Å². The van der Waals surface area contributed by atoms with Gasteiger partial charge >= 0.3 is 0 Å². The van der Waals surface area contributed by atoms with Crippen molar-refractivity contribution in [2.24, 2.45) is 11.7 Å². The minimum absolute atomic E-state index is 0.0706. The molecule has 0 aliphatic carbocycles. The van der Waals surface area contributed by atoms with E-state index in [1.807, 2.05) is 21.1 Å². The highest BCUT2D eigenvalue weighted by Crippen LogP contribution is 2.34. The van der Waals surface area contributed by atoms with Crippen LogP contribution in [0.1, 0.15) is 60.5 Å². The molecule has 8 heteroatoms. The molecule has 0 aromatic carbocycles. The number of carbonyl (C=O) groups is 2. The Labute approximate surface area is 176 Å². The van der Waals surface area contributed by atoms with Crippen LogP contribution in [0, 0.1) is 5.92 Å². The lowest BCUT2D eigenvalue weighted by Crippen LogP contribution is -2.47. The molecule has 0 spiro atoms. The Morgan fingerprint density at radius 3 is 2.90 bits per heavy atom. The summed E-state index contributed by atoms with van der Waals surface area (Å²) in [6.45, 7) is 6.32. The summed E-state index contributed by atoms with van der Waals surface area (Å²) in [5, 5.41) is 1.21. The Bertz CT molecular complexity index is 746. The molecule has 2 amide bonds. The van der Waals surface area contributed by atoms with Crippen molar-refractivity contribution in [3.8, 4) is 0 Å². The number of ether oxygens (including phenoxy) is 1. The summed E-state index contributed by atoms with van der Waals surface area (Å²) < 4.78 is 5.46. The number of likely N-dealkylation sites (tertiary alicyclic amines) is 1. The highest BCUT2D eigenvalue weighted by Gasteiger charge is 2.29. The number of piperidine rings is 1. The second-order valence-electron chi connectivity index (χ2n) is 8.78. The quantitative estimate of drug-likeness (QED) is 0.786. The Kier molecular flexibility index (Phi) is 6.51. The van der Waals surface area contributed by atoms with Crippen LogP contribution in [-0.4, -0.2) is 65.5 Å². The van der Waals surface area contributed by atoms with Gasteiger partial charge in [-0.3, -0.25) is 9.59 Å². The van der Waals surface area contributed by atoms with Crippen LogP contribution in [0.4, 0.5) is 0 Å². The molecule has 0 bridgehead atoms. The first kappa shape index (κ1) is 20.8. The lowest BCUT2D eigenvalue weighted by molar-refractivity contribution is -0.136. The monoisotopic (exact) mass is 420 g/mol. The molecule has 160 valence electrons.